The molecular formula is C13H18N2O4. The van der Waals surface area contributed by atoms with E-state index in [-0.39, 0.29) is 11.8 Å². The van der Waals surface area contributed by atoms with Crippen LogP contribution in [0.3, 0.4) is 0 Å². The van der Waals surface area contributed by atoms with Gasteiger partial charge in [0.25, 0.3) is 0 Å². The first-order valence-electron chi connectivity index (χ1n) is 6.89. The van der Waals surface area contributed by atoms with Gasteiger partial charge in [0.15, 0.2) is 0 Å². The van der Waals surface area contributed by atoms with Gasteiger partial charge in [0.1, 0.15) is 5.41 Å². The fourth-order valence-corrected chi connectivity index (χ4v) is 3.06. The lowest BCUT2D eigenvalue weighted by Crippen LogP contribution is -2.66. The Morgan fingerprint density at radius 1 is 1.21 bits per heavy atom. The molecule has 1 spiro atoms. The third-order valence-corrected chi connectivity index (χ3v) is 4.54. The number of amides is 4. The summed E-state index contributed by atoms with van der Waals surface area (Å²) in [5.41, 5.74) is -0.945. The highest BCUT2D eigenvalue weighted by atomic mass is 16.5. The molecule has 6 nitrogen and oxygen atoms in total. The molecule has 0 bridgehead atoms. The molecule has 0 radical (unpaired) electrons. The summed E-state index contributed by atoms with van der Waals surface area (Å²) in [6.07, 6.45) is 3.72. The van der Waals surface area contributed by atoms with Crippen molar-refractivity contribution in [2.24, 2.45) is 11.3 Å². The number of barbiturate groups is 1. The first kappa shape index (κ1) is 12.6. The van der Waals surface area contributed by atoms with Gasteiger partial charge < -0.3 is 4.74 Å². The molecule has 2 heterocycles. The lowest BCUT2D eigenvalue weighted by Gasteiger charge is -2.45. The van der Waals surface area contributed by atoms with E-state index in [0.29, 0.717) is 32.6 Å². The van der Waals surface area contributed by atoms with Crippen molar-refractivity contribution >= 4 is 17.8 Å². The van der Waals surface area contributed by atoms with Crippen molar-refractivity contribution < 1.29 is 19.1 Å². The Hall–Kier alpha value is -1.43. The van der Waals surface area contributed by atoms with Crippen LogP contribution < -0.4 is 5.32 Å². The number of urea groups is 1. The number of carbonyl (C=O) groups excluding carboxylic acids is 3. The molecule has 0 unspecified atom stereocenters. The van der Waals surface area contributed by atoms with Crippen molar-refractivity contribution in [2.75, 3.05) is 19.8 Å². The Kier molecular flexibility index (Phi) is 3.05. The zero-order valence-corrected chi connectivity index (χ0v) is 10.8. The number of imide groups is 2. The number of nitrogens with zero attached hydrogens (tertiary/aromatic N) is 1. The molecule has 19 heavy (non-hydrogen) atoms. The average Bonchev–Trinajstić information content (AvgIpc) is 2.34. The zero-order chi connectivity index (χ0) is 13.5. The quantitative estimate of drug-likeness (QED) is 0.745. The van der Waals surface area contributed by atoms with Gasteiger partial charge >= 0.3 is 6.03 Å². The van der Waals surface area contributed by atoms with Crippen LogP contribution in [0, 0.1) is 11.3 Å². The summed E-state index contributed by atoms with van der Waals surface area (Å²) in [4.78, 5) is 37.4. The summed E-state index contributed by atoms with van der Waals surface area (Å²) < 4.78 is 5.27. The van der Waals surface area contributed by atoms with Crippen molar-refractivity contribution in [3.05, 3.63) is 0 Å². The van der Waals surface area contributed by atoms with Crippen molar-refractivity contribution in [1.29, 1.82) is 0 Å². The molecule has 1 aliphatic carbocycles. The highest BCUT2D eigenvalue weighted by Crippen LogP contribution is 2.44. The third kappa shape index (κ3) is 1.94. The number of rotatable bonds is 2. The first-order valence-corrected chi connectivity index (χ1v) is 6.89. The normalized spacial score (nSPS) is 27.4. The van der Waals surface area contributed by atoms with Crippen LogP contribution in [0.15, 0.2) is 0 Å². The summed E-state index contributed by atoms with van der Waals surface area (Å²) in [5.74, 6) is -0.412. The molecule has 1 saturated carbocycles. The van der Waals surface area contributed by atoms with E-state index in [1.54, 1.807) is 0 Å². The maximum Gasteiger partial charge on any atom is 0.330 e. The van der Waals surface area contributed by atoms with Gasteiger partial charge in [0.2, 0.25) is 11.8 Å². The second-order valence-corrected chi connectivity index (χ2v) is 5.67. The van der Waals surface area contributed by atoms with E-state index in [1.165, 1.54) is 4.90 Å². The van der Waals surface area contributed by atoms with E-state index in [1.807, 2.05) is 0 Å². The number of hydrogen-bond donors (Lipinski definition) is 1. The molecule has 2 aliphatic heterocycles. The largest absolute Gasteiger partial charge is 0.381 e. The lowest BCUT2D eigenvalue weighted by atomic mass is 9.66. The van der Waals surface area contributed by atoms with Crippen LogP contribution in [-0.2, 0) is 14.3 Å². The van der Waals surface area contributed by atoms with Crippen LogP contribution in [0.2, 0.25) is 0 Å². The SMILES string of the molecule is O=C1NC(=O)C2(CCC2)C(=O)N1CC1CCOCC1. The van der Waals surface area contributed by atoms with E-state index in [0.717, 1.165) is 19.3 Å². The number of carbonyl (C=O) groups is 3. The lowest BCUT2D eigenvalue weighted by molar-refractivity contribution is -0.158. The molecule has 0 aromatic carbocycles. The monoisotopic (exact) mass is 266 g/mol. The second-order valence-electron chi connectivity index (χ2n) is 5.67. The van der Waals surface area contributed by atoms with Crippen LogP contribution in [0.4, 0.5) is 4.79 Å². The molecule has 2 saturated heterocycles. The average molecular weight is 266 g/mol. The summed E-state index contributed by atoms with van der Waals surface area (Å²) in [7, 11) is 0. The van der Waals surface area contributed by atoms with E-state index < -0.39 is 17.4 Å². The highest BCUT2D eigenvalue weighted by Gasteiger charge is 2.57. The Balaban J connectivity index is 1.74. The van der Waals surface area contributed by atoms with E-state index >= 15 is 0 Å². The summed E-state index contributed by atoms with van der Waals surface area (Å²) >= 11 is 0. The predicted molar refractivity (Wildman–Crippen MR) is 65.1 cm³/mol. The van der Waals surface area contributed by atoms with Gasteiger partial charge in [-0.3, -0.25) is 19.8 Å². The van der Waals surface area contributed by atoms with Gasteiger partial charge in [-0.1, -0.05) is 6.42 Å². The summed E-state index contributed by atoms with van der Waals surface area (Å²) in [5, 5.41) is 2.34. The topological polar surface area (TPSA) is 75.7 Å². The van der Waals surface area contributed by atoms with Crippen LogP contribution in [0.1, 0.15) is 32.1 Å². The molecule has 0 aromatic rings. The van der Waals surface area contributed by atoms with Gasteiger partial charge in [0.05, 0.1) is 0 Å². The number of nitrogens with one attached hydrogen (secondary N) is 1. The van der Waals surface area contributed by atoms with Crippen molar-refractivity contribution in [2.45, 2.75) is 32.1 Å². The molecule has 3 aliphatic rings. The van der Waals surface area contributed by atoms with Crippen molar-refractivity contribution in [3.8, 4) is 0 Å². The fourth-order valence-electron chi connectivity index (χ4n) is 3.06. The smallest absolute Gasteiger partial charge is 0.330 e. The van der Waals surface area contributed by atoms with Crippen LogP contribution >= 0.6 is 0 Å². The van der Waals surface area contributed by atoms with Crippen LogP contribution in [0.5, 0.6) is 0 Å². The number of hydrogen-bond acceptors (Lipinski definition) is 4. The molecule has 3 rings (SSSR count). The van der Waals surface area contributed by atoms with Crippen molar-refractivity contribution in [1.82, 2.24) is 10.2 Å². The summed E-state index contributed by atoms with van der Waals surface area (Å²) in [6.45, 7) is 1.76. The summed E-state index contributed by atoms with van der Waals surface area (Å²) in [6, 6.07) is -0.556. The molecule has 3 fully saturated rings. The molecule has 4 amide bonds. The van der Waals surface area contributed by atoms with E-state index in [2.05, 4.69) is 5.32 Å². The van der Waals surface area contributed by atoms with Crippen LogP contribution in [-0.4, -0.2) is 42.5 Å². The maximum atomic E-state index is 12.4. The molecule has 104 valence electrons. The molecule has 1 N–H and O–H groups in total. The van der Waals surface area contributed by atoms with E-state index in [9.17, 15) is 14.4 Å². The Bertz CT molecular complexity index is 424. The predicted octanol–water partition coefficient (Wildman–Crippen LogP) is 0.662. The molecule has 6 heteroatoms. The van der Waals surface area contributed by atoms with Gasteiger partial charge in [0, 0.05) is 19.8 Å². The Labute approximate surface area is 111 Å². The zero-order valence-electron chi connectivity index (χ0n) is 10.8. The van der Waals surface area contributed by atoms with Gasteiger partial charge in [-0.05, 0) is 31.6 Å². The Morgan fingerprint density at radius 2 is 1.89 bits per heavy atom. The first-order chi connectivity index (χ1) is 9.13. The molecular weight excluding hydrogens is 248 g/mol. The van der Waals surface area contributed by atoms with Crippen molar-refractivity contribution in [3.63, 3.8) is 0 Å². The molecule has 0 atom stereocenters. The fraction of sp³-hybridized carbons (Fsp3) is 0.769. The maximum absolute atomic E-state index is 12.4. The Morgan fingerprint density at radius 3 is 2.47 bits per heavy atom. The minimum absolute atomic E-state index is 0.286. The van der Waals surface area contributed by atoms with Gasteiger partial charge in [-0.15, -0.1) is 0 Å². The van der Waals surface area contributed by atoms with Crippen LogP contribution in [0.25, 0.3) is 0 Å². The minimum Gasteiger partial charge on any atom is -0.381 e. The standard InChI is InChI=1S/C13H18N2O4/c16-10-13(4-1-5-13)11(17)15(12(18)14-10)8-9-2-6-19-7-3-9/h9H,1-8H2,(H,14,16,18). The highest BCUT2D eigenvalue weighted by molar-refractivity contribution is 6.19. The second kappa shape index (κ2) is 4.59. The third-order valence-electron chi connectivity index (χ3n) is 4.54. The van der Waals surface area contributed by atoms with Gasteiger partial charge in [-0.25, -0.2) is 4.79 Å². The molecule has 0 aromatic heterocycles. The number of ether oxygens (including phenoxy) is 1. The van der Waals surface area contributed by atoms with Gasteiger partial charge in [-0.2, -0.15) is 0 Å². The minimum atomic E-state index is -0.945. The van der Waals surface area contributed by atoms with E-state index in [4.69, 9.17) is 4.74 Å².